The fraction of sp³-hybridized carbons (Fsp3) is 0.611. The van der Waals surface area contributed by atoms with Crippen LogP contribution in [0, 0.1) is 12.7 Å². The first kappa shape index (κ1) is 21.2. The van der Waals surface area contributed by atoms with Gasteiger partial charge in [0.1, 0.15) is 5.82 Å². The van der Waals surface area contributed by atoms with Gasteiger partial charge in [0.05, 0.1) is 6.10 Å². The predicted octanol–water partition coefficient (Wildman–Crippen LogP) is 3.77. The quantitative estimate of drug-likeness (QED) is 0.289. The summed E-state index contributed by atoms with van der Waals surface area (Å²) in [4.78, 5) is 4.20. The first-order valence-electron chi connectivity index (χ1n) is 8.50. The van der Waals surface area contributed by atoms with E-state index in [0.717, 1.165) is 31.1 Å². The molecule has 2 N–H and O–H groups in total. The summed E-state index contributed by atoms with van der Waals surface area (Å²) in [6, 6.07) is 5.14. The molecule has 0 unspecified atom stereocenters. The molecule has 6 heteroatoms. The second-order valence-electron chi connectivity index (χ2n) is 6.07. The summed E-state index contributed by atoms with van der Waals surface area (Å²) in [5.41, 5.74) is 1.70. The standard InChI is InChI=1S/C18H28FN3O.HI/c1-14-12-15(8-9-17(14)19)13-22-18(20-2)21-10-5-11-23-16-6-3-4-7-16;/h8-9,12,16H,3-7,10-11,13H2,1-2H3,(H2,20,21,22);1H. The Bertz CT molecular complexity index is 519. The van der Waals surface area contributed by atoms with Crippen LogP contribution in [-0.2, 0) is 11.3 Å². The first-order chi connectivity index (χ1) is 11.2. The van der Waals surface area contributed by atoms with Crippen molar-refractivity contribution in [2.75, 3.05) is 20.2 Å². The molecular weight excluding hydrogens is 420 g/mol. The molecule has 1 saturated carbocycles. The Kier molecular flexibility index (Phi) is 10.2. The molecule has 1 aromatic carbocycles. The maximum absolute atomic E-state index is 13.2. The Morgan fingerprint density at radius 2 is 2.04 bits per heavy atom. The minimum absolute atomic E-state index is 0. The zero-order valence-electron chi connectivity index (χ0n) is 14.6. The molecule has 0 bridgehead atoms. The Morgan fingerprint density at radius 1 is 1.29 bits per heavy atom. The molecule has 136 valence electrons. The highest BCUT2D eigenvalue weighted by molar-refractivity contribution is 14.0. The smallest absolute Gasteiger partial charge is 0.191 e. The van der Waals surface area contributed by atoms with Crippen molar-refractivity contribution in [1.29, 1.82) is 0 Å². The molecule has 2 rings (SSSR count). The molecule has 0 heterocycles. The van der Waals surface area contributed by atoms with Gasteiger partial charge in [-0.3, -0.25) is 4.99 Å². The van der Waals surface area contributed by atoms with Crippen molar-refractivity contribution < 1.29 is 9.13 Å². The molecule has 0 aliphatic heterocycles. The van der Waals surface area contributed by atoms with E-state index in [1.54, 1.807) is 20.0 Å². The van der Waals surface area contributed by atoms with Crippen LogP contribution in [0.2, 0.25) is 0 Å². The van der Waals surface area contributed by atoms with Gasteiger partial charge in [-0.15, -0.1) is 24.0 Å². The van der Waals surface area contributed by atoms with Crippen LogP contribution in [0.4, 0.5) is 4.39 Å². The van der Waals surface area contributed by atoms with E-state index in [4.69, 9.17) is 4.74 Å². The van der Waals surface area contributed by atoms with Gasteiger partial charge in [-0.1, -0.05) is 25.0 Å². The fourth-order valence-corrected chi connectivity index (χ4v) is 2.81. The van der Waals surface area contributed by atoms with Crippen LogP contribution in [0.5, 0.6) is 0 Å². The monoisotopic (exact) mass is 449 g/mol. The number of halogens is 2. The molecule has 0 aromatic heterocycles. The van der Waals surface area contributed by atoms with E-state index >= 15 is 0 Å². The lowest BCUT2D eigenvalue weighted by molar-refractivity contribution is 0.0574. The first-order valence-corrected chi connectivity index (χ1v) is 8.50. The van der Waals surface area contributed by atoms with Crippen LogP contribution in [-0.4, -0.2) is 32.3 Å². The summed E-state index contributed by atoms with van der Waals surface area (Å²) in [5, 5.41) is 6.52. The van der Waals surface area contributed by atoms with Gasteiger partial charge in [0.2, 0.25) is 0 Å². The molecule has 4 nitrogen and oxygen atoms in total. The Hall–Kier alpha value is -0.890. The Balaban J connectivity index is 0.00000288. The van der Waals surface area contributed by atoms with E-state index in [1.807, 2.05) is 6.07 Å². The predicted molar refractivity (Wildman–Crippen MR) is 108 cm³/mol. The van der Waals surface area contributed by atoms with E-state index in [1.165, 1.54) is 31.7 Å². The van der Waals surface area contributed by atoms with Crippen LogP contribution >= 0.6 is 24.0 Å². The van der Waals surface area contributed by atoms with Crippen molar-refractivity contribution in [3.05, 3.63) is 35.1 Å². The van der Waals surface area contributed by atoms with Gasteiger partial charge in [0.25, 0.3) is 0 Å². The van der Waals surface area contributed by atoms with Crippen LogP contribution in [0.15, 0.2) is 23.2 Å². The molecule has 0 atom stereocenters. The maximum Gasteiger partial charge on any atom is 0.191 e. The fourth-order valence-electron chi connectivity index (χ4n) is 2.81. The minimum Gasteiger partial charge on any atom is -0.378 e. The van der Waals surface area contributed by atoms with Gasteiger partial charge in [-0.25, -0.2) is 4.39 Å². The van der Waals surface area contributed by atoms with E-state index in [0.29, 0.717) is 18.2 Å². The number of hydrogen-bond donors (Lipinski definition) is 2. The molecule has 0 spiro atoms. The third kappa shape index (κ3) is 7.34. The number of hydrogen-bond acceptors (Lipinski definition) is 2. The summed E-state index contributed by atoms with van der Waals surface area (Å²) in [5.74, 6) is 0.589. The van der Waals surface area contributed by atoms with E-state index in [2.05, 4.69) is 15.6 Å². The van der Waals surface area contributed by atoms with Crippen LogP contribution < -0.4 is 10.6 Å². The van der Waals surface area contributed by atoms with Crippen molar-refractivity contribution >= 4 is 29.9 Å². The van der Waals surface area contributed by atoms with Crippen molar-refractivity contribution in [3.63, 3.8) is 0 Å². The van der Waals surface area contributed by atoms with Crippen LogP contribution in [0.1, 0.15) is 43.2 Å². The number of nitrogens with zero attached hydrogens (tertiary/aromatic N) is 1. The van der Waals surface area contributed by atoms with Gasteiger partial charge in [0, 0.05) is 26.7 Å². The van der Waals surface area contributed by atoms with Gasteiger partial charge in [0.15, 0.2) is 5.96 Å². The van der Waals surface area contributed by atoms with E-state index in [9.17, 15) is 4.39 Å². The zero-order chi connectivity index (χ0) is 16.5. The van der Waals surface area contributed by atoms with Gasteiger partial charge >= 0.3 is 0 Å². The van der Waals surface area contributed by atoms with Crippen molar-refractivity contribution in [1.82, 2.24) is 10.6 Å². The van der Waals surface area contributed by atoms with Crippen molar-refractivity contribution in [3.8, 4) is 0 Å². The summed E-state index contributed by atoms with van der Waals surface area (Å²) in [6.45, 7) is 4.02. The lowest BCUT2D eigenvalue weighted by Crippen LogP contribution is -2.37. The molecule has 0 saturated heterocycles. The molecule has 1 aliphatic carbocycles. The molecule has 1 aromatic rings. The highest BCUT2D eigenvalue weighted by Gasteiger charge is 2.14. The minimum atomic E-state index is -0.168. The van der Waals surface area contributed by atoms with Crippen LogP contribution in [0.25, 0.3) is 0 Å². The number of rotatable bonds is 7. The lowest BCUT2D eigenvalue weighted by Gasteiger charge is -2.14. The molecule has 0 amide bonds. The topological polar surface area (TPSA) is 45.7 Å². The van der Waals surface area contributed by atoms with Crippen molar-refractivity contribution in [2.45, 2.75) is 51.7 Å². The number of aliphatic imine (C=N–C) groups is 1. The second-order valence-corrected chi connectivity index (χ2v) is 6.07. The summed E-state index contributed by atoms with van der Waals surface area (Å²) >= 11 is 0. The highest BCUT2D eigenvalue weighted by atomic mass is 127. The molecule has 1 fully saturated rings. The SMILES string of the molecule is CN=C(NCCCOC1CCCC1)NCc1ccc(F)c(C)c1.I. The zero-order valence-corrected chi connectivity index (χ0v) is 16.9. The number of benzene rings is 1. The second kappa shape index (κ2) is 11.6. The van der Waals surface area contributed by atoms with E-state index < -0.39 is 0 Å². The lowest BCUT2D eigenvalue weighted by atomic mass is 10.1. The molecule has 0 radical (unpaired) electrons. The third-order valence-electron chi connectivity index (χ3n) is 4.18. The van der Waals surface area contributed by atoms with Gasteiger partial charge < -0.3 is 15.4 Å². The maximum atomic E-state index is 13.2. The number of guanidine groups is 1. The van der Waals surface area contributed by atoms with Gasteiger partial charge in [-0.2, -0.15) is 0 Å². The third-order valence-corrected chi connectivity index (χ3v) is 4.18. The number of aryl methyl sites for hydroxylation is 1. The average Bonchev–Trinajstić information content (AvgIpc) is 3.06. The largest absolute Gasteiger partial charge is 0.378 e. The Labute approximate surface area is 161 Å². The summed E-state index contributed by atoms with van der Waals surface area (Å²) in [6.07, 6.45) is 6.49. The van der Waals surface area contributed by atoms with E-state index in [-0.39, 0.29) is 29.8 Å². The molecule has 1 aliphatic rings. The number of nitrogens with one attached hydrogen (secondary N) is 2. The van der Waals surface area contributed by atoms with Gasteiger partial charge in [-0.05, 0) is 43.4 Å². The van der Waals surface area contributed by atoms with Crippen LogP contribution in [0.3, 0.4) is 0 Å². The summed E-state index contributed by atoms with van der Waals surface area (Å²) < 4.78 is 19.1. The highest BCUT2D eigenvalue weighted by Crippen LogP contribution is 2.20. The molecule has 24 heavy (non-hydrogen) atoms. The summed E-state index contributed by atoms with van der Waals surface area (Å²) in [7, 11) is 1.75. The normalized spacial score (nSPS) is 15.2. The molecular formula is C18H29FIN3O. The number of ether oxygens (including phenoxy) is 1. The Morgan fingerprint density at radius 3 is 2.71 bits per heavy atom. The average molecular weight is 449 g/mol. The van der Waals surface area contributed by atoms with Crippen molar-refractivity contribution in [2.24, 2.45) is 4.99 Å².